The molecule has 5 rings (SSSR count). The molecule has 35 heavy (non-hydrogen) atoms. The molecule has 1 aromatic heterocycles. The molecule has 0 bridgehead atoms. The number of carbonyl (C=O) groups excluding carboxylic acids is 1. The molecule has 0 fully saturated rings. The molecule has 0 aliphatic carbocycles. The number of benzene rings is 3. The van der Waals surface area contributed by atoms with Crippen LogP contribution >= 0.6 is 0 Å². The lowest BCUT2D eigenvalue weighted by molar-refractivity contribution is 0.0741. The van der Waals surface area contributed by atoms with Crippen molar-refractivity contribution in [3.63, 3.8) is 0 Å². The maximum atomic E-state index is 13.4. The molecule has 178 valence electrons. The summed E-state index contributed by atoms with van der Waals surface area (Å²) in [5, 5.41) is 7.57. The number of aromatic amines is 1. The van der Waals surface area contributed by atoms with E-state index in [1.807, 2.05) is 71.6 Å². The van der Waals surface area contributed by atoms with Crippen LogP contribution in [0.3, 0.4) is 0 Å². The monoisotopic (exact) mass is 467 g/mol. The third-order valence-corrected chi connectivity index (χ3v) is 6.42. The summed E-state index contributed by atoms with van der Waals surface area (Å²) >= 11 is 0. The Balaban J connectivity index is 1.46. The highest BCUT2D eigenvalue weighted by Crippen LogP contribution is 2.43. The molecule has 4 aromatic rings. The summed E-state index contributed by atoms with van der Waals surface area (Å²) in [7, 11) is 1.65. The van der Waals surface area contributed by atoms with Gasteiger partial charge < -0.3 is 14.4 Å². The number of hydrogen-bond acceptors (Lipinski definition) is 4. The summed E-state index contributed by atoms with van der Waals surface area (Å²) in [6.45, 7) is 3.34. The third-order valence-electron chi connectivity index (χ3n) is 6.42. The largest absolute Gasteiger partial charge is 0.497 e. The second-order valence-electron chi connectivity index (χ2n) is 8.69. The fraction of sp³-hybridized carbons (Fsp3) is 0.241. The number of rotatable bonds is 9. The van der Waals surface area contributed by atoms with Crippen LogP contribution in [0.15, 0.2) is 78.9 Å². The smallest absolute Gasteiger partial charge is 0.273 e. The summed E-state index contributed by atoms with van der Waals surface area (Å²) < 4.78 is 11.3. The molecule has 2 heterocycles. The van der Waals surface area contributed by atoms with Gasteiger partial charge in [0, 0.05) is 17.7 Å². The normalized spacial score (nSPS) is 14.7. The standard InChI is InChI=1S/C29H29N3O3/c1-3-4-18-32-28(22-12-16-24(17-13-22)35-19-20-8-6-5-7-9-20)25-26(30-31-27(25)29(32)33)21-10-14-23(34-2)15-11-21/h5-17,28H,3-4,18-19H2,1-2H3,(H,30,31). The second kappa shape index (κ2) is 10.1. The number of nitrogens with zero attached hydrogens (tertiary/aromatic N) is 2. The molecule has 1 atom stereocenters. The Hall–Kier alpha value is -4.06. The predicted octanol–water partition coefficient (Wildman–Crippen LogP) is 6.01. The first kappa shape index (κ1) is 22.7. The van der Waals surface area contributed by atoms with Crippen molar-refractivity contribution in [2.45, 2.75) is 32.4 Å². The van der Waals surface area contributed by atoms with E-state index in [-0.39, 0.29) is 11.9 Å². The zero-order valence-electron chi connectivity index (χ0n) is 20.0. The maximum Gasteiger partial charge on any atom is 0.273 e. The van der Waals surface area contributed by atoms with E-state index in [0.29, 0.717) is 18.8 Å². The van der Waals surface area contributed by atoms with Crippen LogP contribution < -0.4 is 9.47 Å². The molecule has 6 heteroatoms. The van der Waals surface area contributed by atoms with Crippen molar-refractivity contribution in [3.05, 3.63) is 101 Å². The van der Waals surface area contributed by atoms with Gasteiger partial charge in [0.05, 0.1) is 18.8 Å². The molecular weight excluding hydrogens is 438 g/mol. The molecule has 0 spiro atoms. The van der Waals surface area contributed by atoms with Gasteiger partial charge in [-0.3, -0.25) is 9.89 Å². The van der Waals surface area contributed by atoms with Gasteiger partial charge in [0.2, 0.25) is 0 Å². The molecule has 1 aliphatic heterocycles. The average molecular weight is 468 g/mol. The van der Waals surface area contributed by atoms with E-state index < -0.39 is 0 Å². The van der Waals surface area contributed by atoms with Gasteiger partial charge in [0.15, 0.2) is 0 Å². The zero-order chi connectivity index (χ0) is 24.2. The second-order valence-corrected chi connectivity index (χ2v) is 8.69. The minimum atomic E-state index is -0.205. The van der Waals surface area contributed by atoms with E-state index in [0.717, 1.165) is 52.3 Å². The molecule has 0 saturated heterocycles. The first-order valence-electron chi connectivity index (χ1n) is 12.0. The maximum absolute atomic E-state index is 13.4. The Morgan fingerprint density at radius 2 is 1.66 bits per heavy atom. The van der Waals surface area contributed by atoms with Crippen molar-refractivity contribution in [1.82, 2.24) is 15.1 Å². The highest BCUT2D eigenvalue weighted by atomic mass is 16.5. The summed E-state index contributed by atoms with van der Waals surface area (Å²) in [5.74, 6) is 1.57. The van der Waals surface area contributed by atoms with Crippen LogP contribution in [0.4, 0.5) is 0 Å². The van der Waals surface area contributed by atoms with Crippen molar-refractivity contribution in [3.8, 4) is 22.8 Å². The minimum Gasteiger partial charge on any atom is -0.497 e. The predicted molar refractivity (Wildman–Crippen MR) is 136 cm³/mol. The molecule has 1 aliphatic rings. The van der Waals surface area contributed by atoms with Crippen LogP contribution in [0.1, 0.15) is 53.0 Å². The molecule has 0 radical (unpaired) electrons. The van der Waals surface area contributed by atoms with Gasteiger partial charge in [0.25, 0.3) is 5.91 Å². The molecule has 6 nitrogen and oxygen atoms in total. The van der Waals surface area contributed by atoms with Gasteiger partial charge in [-0.05, 0) is 53.9 Å². The van der Waals surface area contributed by atoms with Crippen molar-refractivity contribution < 1.29 is 14.3 Å². The van der Waals surface area contributed by atoms with Crippen LogP contribution in [0.5, 0.6) is 11.5 Å². The van der Waals surface area contributed by atoms with E-state index in [4.69, 9.17) is 9.47 Å². The van der Waals surface area contributed by atoms with Gasteiger partial charge in [-0.1, -0.05) is 55.8 Å². The van der Waals surface area contributed by atoms with Crippen LogP contribution in [-0.4, -0.2) is 34.7 Å². The number of aromatic nitrogens is 2. The summed E-state index contributed by atoms with van der Waals surface area (Å²) in [6, 6.07) is 25.7. The summed E-state index contributed by atoms with van der Waals surface area (Å²) in [5.41, 5.74) is 5.40. The van der Waals surface area contributed by atoms with E-state index in [1.165, 1.54) is 0 Å². The van der Waals surface area contributed by atoms with Crippen LogP contribution in [0.2, 0.25) is 0 Å². The Labute approximate surface area is 205 Å². The number of amides is 1. The number of H-pyrrole nitrogens is 1. The van der Waals surface area contributed by atoms with Crippen molar-refractivity contribution >= 4 is 5.91 Å². The fourth-order valence-electron chi connectivity index (χ4n) is 4.56. The summed E-state index contributed by atoms with van der Waals surface area (Å²) in [4.78, 5) is 15.3. The number of hydrogen-bond donors (Lipinski definition) is 1. The van der Waals surface area contributed by atoms with Crippen LogP contribution in [-0.2, 0) is 6.61 Å². The van der Waals surface area contributed by atoms with Crippen molar-refractivity contribution in [2.75, 3.05) is 13.7 Å². The number of fused-ring (bicyclic) bond motifs is 1. The summed E-state index contributed by atoms with van der Waals surface area (Å²) in [6.07, 6.45) is 1.95. The van der Waals surface area contributed by atoms with Crippen molar-refractivity contribution in [1.29, 1.82) is 0 Å². The molecule has 0 saturated carbocycles. The Morgan fingerprint density at radius 3 is 2.34 bits per heavy atom. The Bertz CT molecular complexity index is 1280. The average Bonchev–Trinajstić information content (AvgIpc) is 3.46. The molecule has 1 N–H and O–H groups in total. The van der Waals surface area contributed by atoms with Gasteiger partial charge >= 0.3 is 0 Å². The highest BCUT2D eigenvalue weighted by molar-refractivity contribution is 6.00. The SMILES string of the molecule is CCCCN1C(=O)c2[nH]nc(-c3ccc(OC)cc3)c2C1c1ccc(OCc2ccccc2)cc1. The number of nitrogens with one attached hydrogen (secondary N) is 1. The minimum absolute atomic E-state index is 0.00452. The number of methoxy groups -OCH3 is 1. The van der Waals surface area contributed by atoms with Gasteiger partial charge in [-0.2, -0.15) is 5.10 Å². The topological polar surface area (TPSA) is 67.5 Å². The lowest BCUT2D eigenvalue weighted by Gasteiger charge is -2.26. The van der Waals surface area contributed by atoms with E-state index >= 15 is 0 Å². The van der Waals surface area contributed by atoms with Crippen molar-refractivity contribution in [2.24, 2.45) is 0 Å². The lowest BCUT2D eigenvalue weighted by Crippen LogP contribution is -2.30. The Morgan fingerprint density at radius 1 is 0.943 bits per heavy atom. The Kier molecular flexibility index (Phi) is 6.53. The van der Waals surface area contributed by atoms with Crippen LogP contribution in [0.25, 0.3) is 11.3 Å². The van der Waals surface area contributed by atoms with Gasteiger partial charge in [-0.15, -0.1) is 0 Å². The van der Waals surface area contributed by atoms with E-state index in [1.54, 1.807) is 7.11 Å². The van der Waals surface area contributed by atoms with Gasteiger partial charge in [0.1, 0.15) is 23.8 Å². The number of carbonyl (C=O) groups is 1. The van der Waals surface area contributed by atoms with E-state index in [2.05, 4.69) is 29.3 Å². The third kappa shape index (κ3) is 4.52. The van der Waals surface area contributed by atoms with Crippen LogP contribution in [0, 0.1) is 0 Å². The number of unbranched alkanes of at least 4 members (excludes halogenated alkanes) is 1. The van der Waals surface area contributed by atoms with E-state index in [9.17, 15) is 4.79 Å². The highest BCUT2D eigenvalue weighted by Gasteiger charge is 2.41. The molecule has 3 aromatic carbocycles. The molecule has 1 unspecified atom stereocenters. The first-order valence-corrected chi connectivity index (χ1v) is 12.0. The number of ether oxygens (including phenoxy) is 2. The lowest BCUT2D eigenvalue weighted by atomic mass is 9.96. The zero-order valence-corrected chi connectivity index (χ0v) is 20.0. The van der Waals surface area contributed by atoms with Gasteiger partial charge in [-0.25, -0.2) is 0 Å². The molecule has 1 amide bonds. The quantitative estimate of drug-likeness (QED) is 0.327. The molecular formula is C29H29N3O3. The fourth-order valence-corrected chi connectivity index (χ4v) is 4.56. The first-order chi connectivity index (χ1) is 17.2.